The average molecular weight is 241 g/mol. The summed E-state index contributed by atoms with van der Waals surface area (Å²) in [5, 5.41) is 0. The summed E-state index contributed by atoms with van der Waals surface area (Å²) in [5.41, 5.74) is 3.25. The Labute approximate surface area is 106 Å². The highest BCUT2D eigenvalue weighted by Crippen LogP contribution is 2.21. The molecule has 0 N–H and O–H groups in total. The van der Waals surface area contributed by atoms with Gasteiger partial charge in [-0.25, -0.2) is 0 Å². The maximum absolute atomic E-state index is 10.7. The number of hydrogen-bond donors (Lipinski definition) is 0. The van der Waals surface area contributed by atoms with E-state index >= 15 is 0 Å². The fourth-order valence-electron chi connectivity index (χ4n) is 1.75. The standard InChI is InChI=1S/C15H15NO2/c1-3-18-14-7-4-12(5-8-14)15-9-6-13(10-17)11(2)16-15/h4-10H,3H2,1-2H3. The maximum atomic E-state index is 10.7. The SMILES string of the molecule is CCOc1ccc(-c2ccc(C=O)c(C)n2)cc1. The highest BCUT2D eigenvalue weighted by molar-refractivity contribution is 5.77. The van der Waals surface area contributed by atoms with E-state index in [4.69, 9.17) is 4.74 Å². The minimum absolute atomic E-state index is 0.629. The first-order chi connectivity index (χ1) is 8.74. The van der Waals surface area contributed by atoms with E-state index in [0.29, 0.717) is 12.2 Å². The molecule has 0 fully saturated rings. The van der Waals surface area contributed by atoms with Crippen molar-refractivity contribution in [2.45, 2.75) is 13.8 Å². The molecule has 1 aromatic heterocycles. The van der Waals surface area contributed by atoms with Crippen molar-refractivity contribution >= 4 is 6.29 Å². The molecule has 0 aliphatic rings. The topological polar surface area (TPSA) is 39.2 Å². The van der Waals surface area contributed by atoms with E-state index in [1.54, 1.807) is 6.07 Å². The minimum atomic E-state index is 0.629. The highest BCUT2D eigenvalue weighted by Gasteiger charge is 2.03. The van der Waals surface area contributed by atoms with Gasteiger partial charge in [0.15, 0.2) is 6.29 Å². The van der Waals surface area contributed by atoms with Crippen molar-refractivity contribution in [3.63, 3.8) is 0 Å². The molecule has 18 heavy (non-hydrogen) atoms. The van der Waals surface area contributed by atoms with Crippen LogP contribution in [0.4, 0.5) is 0 Å². The number of nitrogens with zero attached hydrogens (tertiary/aromatic N) is 1. The Morgan fingerprint density at radius 1 is 1.17 bits per heavy atom. The summed E-state index contributed by atoms with van der Waals surface area (Å²) in [6.07, 6.45) is 0.824. The van der Waals surface area contributed by atoms with E-state index < -0.39 is 0 Å². The molecular weight excluding hydrogens is 226 g/mol. The molecule has 0 amide bonds. The smallest absolute Gasteiger partial charge is 0.151 e. The molecular formula is C15H15NO2. The number of aryl methyl sites for hydroxylation is 1. The third-order valence-electron chi connectivity index (χ3n) is 2.71. The monoisotopic (exact) mass is 241 g/mol. The second kappa shape index (κ2) is 5.45. The highest BCUT2D eigenvalue weighted by atomic mass is 16.5. The summed E-state index contributed by atoms with van der Waals surface area (Å²) in [6, 6.07) is 11.4. The van der Waals surface area contributed by atoms with E-state index in [-0.39, 0.29) is 0 Å². The first-order valence-corrected chi connectivity index (χ1v) is 5.90. The van der Waals surface area contributed by atoms with Crippen LogP contribution in [0.2, 0.25) is 0 Å². The molecule has 0 saturated heterocycles. The number of benzene rings is 1. The van der Waals surface area contributed by atoms with Gasteiger partial charge in [0.2, 0.25) is 0 Å². The maximum Gasteiger partial charge on any atom is 0.151 e. The summed E-state index contributed by atoms with van der Waals surface area (Å²) in [4.78, 5) is 15.2. The molecule has 0 bridgehead atoms. The Morgan fingerprint density at radius 3 is 2.44 bits per heavy atom. The molecule has 92 valence electrons. The number of carbonyl (C=O) groups excluding carboxylic acids is 1. The van der Waals surface area contributed by atoms with E-state index in [2.05, 4.69) is 4.98 Å². The van der Waals surface area contributed by atoms with Crippen molar-refractivity contribution in [2.75, 3.05) is 6.61 Å². The Hall–Kier alpha value is -2.16. The van der Waals surface area contributed by atoms with Crippen molar-refractivity contribution in [1.82, 2.24) is 4.98 Å². The van der Waals surface area contributed by atoms with Crippen LogP contribution in [0.15, 0.2) is 36.4 Å². The van der Waals surface area contributed by atoms with Gasteiger partial charge in [-0.05, 0) is 50.2 Å². The molecule has 0 radical (unpaired) electrons. The molecule has 0 aliphatic carbocycles. The third-order valence-corrected chi connectivity index (χ3v) is 2.71. The van der Waals surface area contributed by atoms with Crippen molar-refractivity contribution in [3.05, 3.63) is 47.7 Å². The van der Waals surface area contributed by atoms with Crippen LogP contribution in [-0.2, 0) is 0 Å². The predicted octanol–water partition coefficient (Wildman–Crippen LogP) is 3.27. The molecule has 0 saturated carbocycles. The number of rotatable bonds is 4. The number of carbonyl (C=O) groups is 1. The first kappa shape index (κ1) is 12.3. The van der Waals surface area contributed by atoms with Gasteiger partial charge in [-0.1, -0.05) is 0 Å². The van der Waals surface area contributed by atoms with E-state index in [1.165, 1.54) is 0 Å². The lowest BCUT2D eigenvalue weighted by atomic mass is 10.1. The van der Waals surface area contributed by atoms with Gasteiger partial charge in [0.25, 0.3) is 0 Å². The van der Waals surface area contributed by atoms with Gasteiger partial charge in [-0.3, -0.25) is 9.78 Å². The fourth-order valence-corrected chi connectivity index (χ4v) is 1.75. The van der Waals surface area contributed by atoms with Crippen molar-refractivity contribution < 1.29 is 9.53 Å². The molecule has 0 unspecified atom stereocenters. The number of aromatic nitrogens is 1. The van der Waals surface area contributed by atoms with Gasteiger partial charge in [0, 0.05) is 16.8 Å². The molecule has 3 nitrogen and oxygen atoms in total. The minimum Gasteiger partial charge on any atom is -0.494 e. The fraction of sp³-hybridized carbons (Fsp3) is 0.200. The molecule has 2 rings (SSSR count). The average Bonchev–Trinajstić information content (AvgIpc) is 2.40. The Bertz CT molecular complexity index is 547. The lowest BCUT2D eigenvalue weighted by Gasteiger charge is -2.06. The zero-order chi connectivity index (χ0) is 13.0. The summed E-state index contributed by atoms with van der Waals surface area (Å²) < 4.78 is 5.39. The van der Waals surface area contributed by atoms with Gasteiger partial charge >= 0.3 is 0 Å². The van der Waals surface area contributed by atoms with Gasteiger partial charge in [0.1, 0.15) is 5.75 Å². The molecule has 0 spiro atoms. The predicted molar refractivity (Wildman–Crippen MR) is 71.0 cm³/mol. The molecule has 2 aromatic rings. The number of ether oxygens (including phenoxy) is 1. The number of hydrogen-bond acceptors (Lipinski definition) is 3. The summed E-state index contributed by atoms with van der Waals surface area (Å²) in [7, 11) is 0. The van der Waals surface area contributed by atoms with Gasteiger partial charge in [-0.15, -0.1) is 0 Å². The molecule has 3 heteroatoms. The zero-order valence-corrected chi connectivity index (χ0v) is 10.5. The van der Waals surface area contributed by atoms with Crippen LogP contribution in [0.5, 0.6) is 5.75 Å². The quantitative estimate of drug-likeness (QED) is 0.771. The van der Waals surface area contributed by atoms with Gasteiger partial charge < -0.3 is 4.74 Å². The zero-order valence-electron chi connectivity index (χ0n) is 10.5. The van der Waals surface area contributed by atoms with E-state index in [1.807, 2.05) is 44.2 Å². The van der Waals surface area contributed by atoms with Crippen LogP contribution < -0.4 is 4.74 Å². The van der Waals surface area contributed by atoms with Crippen molar-refractivity contribution in [1.29, 1.82) is 0 Å². The lowest BCUT2D eigenvalue weighted by molar-refractivity contribution is 0.112. The lowest BCUT2D eigenvalue weighted by Crippen LogP contribution is -1.94. The Balaban J connectivity index is 2.30. The van der Waals surface area contributed by atoms with Gasteiger partial charge in [0.05, 0.1) is 12.3 Å². The van der Waals surface area contributed by atoms with E-state index in [0.717, 1.165) is 29.0 Å². The summed E-state index contributed by atoms with van der Waals surface area (Å²) in [6.45, 7) is 4.45. The third kappa shape index (κ3) is 2.56. The number of aldehydes is 1. The van der Waals surface area contributed by atoms with Crippen molar-refractivity contribution in [3.8, 4) is 17.0 Å². The normalized spacial score (nSPS) is 10.1. The van der Waals surface area contributed by atoms with Crippen LogP contribution >= 0.6 is 0 Å². The van der Waals surface area contributed by atoms with Gasteiger partial charge in [-0.2, -0.15) is 0 Å². The second-order valence-electron chi connectivity index (χ2n) is 3.95. The van der Waals surface area contributed by atoms with Crippen molar-refractivity contribution in [2.24, 2.45) is 0 Å². The molecule has 0 aliphatic heterocycles. The first-order valence-electron chi connectivity index (χ1n) is 5.90. The largest absolute Gasteiger partial charge is 0.494 e. The number of pyridine rings is 1. The Kier molecular flexibility index (Phi) is 3.72. The summed E-state index contributed by atoms with van der Waals surface area (Å²) >= 11 is 0. The van der Waals surface area contributed by atoms with E-state index in [9.17, 15) is 4.79 Å². The molecule has 1 aromatic carbocycles. The van der Waals surface area contributed by atoms with Crippen LogP contribution in [0.1, 0.15) is 23.0 Å². The van der Waals surface area contributed by atoms with Crippen LogP contribution in [0.25, 0.3) is 11.3 Å². The molecule has 0 atom stereocenters. The Morgan fingerprint density at radius 2 is 1.89 bits per heavy atom. The second-order valence-corrected chi connectivity index (χ2v) is 3.95. The summed E-state index contributed by atoms with van der Waals surface area (Å²) in [5.74, 6) is 0.850. The van der Waals surface area contributed by atoms with Crippen LogP contribution in [-0.4, -0.2) is 17.9 Å². The van der Waals surface area contributed by atoms with Crippen LogP contribution in [0, 0.1) is 6.92 Å². The molecule has 1 heterocycles. The van der Waals surface area contributed by atoms with Crippen LogP contribution in [0.3, 0.4) is 0 Å².